The zero-order chi connectivity index (χ0) is 23.6. The molecular formula is C23H25N7O3. The summed E-state index contributed by atoms with van der Waals surface area (Å²) in [5.41, 5.74) is 4.70. The molecule has 2 amide bonds. The van der Waals surface area contributed by atoms with Gasteiger partial charge in [-0.05, 0) is 43.2 Å². The summed E-state index contributed by atoms with van der Waals surface area (Å²) in [6.45, 7) is 3.64. The molecule has 0 bridgehead atoms. The standard InChI is InChI=1S/C23H25N7O3/c1-23(2)17-10-14(8-9-15(17)20(32)29-23)26-22-25-11-16(21(33)30-24)19(28-22)27-18(12-31)13-6-4-3-5-7-13/h3-11,18,31H,12,24H2,1-2H3,(H,29,32)(H,30,33)(H2,25,26,27,28). The zero-order valence-electron chi connectivity index (χ0n) is 18.2. The molecule has 0 fully saturated rings. The first-order valence-electron chi connectivity index (χ1n) is 10.4. The van der Waals surface area contributed by atoms with Crippen LogP contribution in [0.5, 0.6) is 0 Å². The molecule has 1 unspecified atom stereocenters. The Hall–Kier alpha value is -4.02. The van der Waals surface area contributed by atoms with Gasteiger partial charge in [0.2, 0.25) is 5.95 Å². The van der Waals surface area contributed by atoms with Crippen molar-refractivity contribution in [3.63, 3.8) is 0 Å². The fraction of sp³-hybridized carbons (Fsp3) is 0.217. The van der Waals surface area contributed by atoms with Crippen LogP contribution < -0.4 is 27.2 Å². The minimum absolute atomic E-state index is 0.114. The second-order valence-electron chi connectivity index (χ2n) is 8.18. The van der Waals surface area contributed by atoms with E-state index >= 15 is 0 Å². The number of aliphatic hydroxyl groups is 1. The second-order valence-corrected chi connectivity index (χ2v) is 8.18. The molecule has 0 spiro atoms. The molecule has 1 aliphatic rings. The van der Waals surface area contributed by atoms with Gasteiger partial charge in [0.15, 0.2) is 0 Å². The van der Waals surface area contributed by atoms with Crippen molar-refractivity contribution < 1.29 is 14.7 Å². The molecule has 2 aromatic carbocycles. The van der Waals surface area contributed by atoms with Crippen molar-refractivity contribution in [1.82, 2.24) is 20.7 Å². The third-order valence-electron chi connectivity index (χ3n) is 5.48. The van der Waals surface area contributed by atoms with E-state index in [9.17, 15) is 14.7 Å². The minimum Gasteiger partial charge on any atom is -0.394 e. The smallest absolute Gasteiger partial charge is 0.270 e. The number of carbonyl (C=O) groups is 2. The molecule has 0 aliphatic carbocycles. The van der Waals surface area contributed by atoms with Gasteiger partial charge in [0.05, 0.1) is 18.2 Å². The summed E-state index contributed by atoms with van der Waals surface area (Å²) < 4.78 is 0. The Morgan fingerprint density at radius 1 is 1.21 bits per heavy atom. The Kier molecular flexibility index (Phi) is 5.95. The van der Waals surface area contributed by atoms with Crippen LogP contribution in [0.2, 0.25) is 0 Å². The van der Waals surface area contributed by atoms with E-state index in [0.717, 1.165) is 11.1 Å². The van der Waals surface area contributed by atoms with Crippen molar-refractivity contribution >= 4 is 29.3 Å². The molecule has 3 aromatic rings. The van der Waals surface area contributed by atoms with E-state index in [1.807, 2.05) is 50.2 Å². The fourth-order valence-corrected chi connectivity index (χ4v) is 3.77. The molecular weight excluding hydrogens is 422 g/mol. The van der Waals surface area contributed by atoms with Crippen LogP contribution in [0.1, 0.15) is 51.7 Å². The van der Waals surface area contributed by atoms with Crippen molar-refractivity contribution in [3.05, 3.63) is 77.0 Å². The maximum atomic E-state index is 12.3. The predicted octanol–water partition coefficient (Wildman–Crippen LogP) is 1.95. The molecule has 1 aliphatic heterocycles. The number of fused-ring (bicyclic) bond motifs is 1. The maximum Gasteiger partial charge on any atom is 0.270 e. The number of nitrogens with zero attached hydrogens (tertiary/aromatic N) is 2. The van der Waals surface area contributed by atoms with Gasteiger partial charge in [-0.3, -0.25) is 15.0 Å². The third kappa shape index (κ3) is 4.47. The first-order chi connectivity index (χ1) is 15.8. The van der Waals surface area contributed by atoms with Crippen molar-refractivity contribution in [2.45, 2.75) is 25.4 Å². The third-order valence-corrected chi connectivity index (χ3v) is 5.48. The minimum atomic E-state index is -0.572. The average molecular weight is 447 g/mol. The topological polar surface area (TPSA) is 154 Å². The quantitative estimate of drug-likeness (QED) is 0.182. The van der Waals surface area contributed by atoms with E-state index in [4.69, 9.17) is 5.84 Å². The molecule has 10 heteroatoms. The van der Waals surface area contributed by atoms with Gasteiger partial charge in [-0.15, -0.1) is 0 Å². The lowest BCUT2D eigenvalue weighted by atomic mass is 9.94. The lowest BCUT2D eigenvalue weighted by Gasteiger charge is -2.20. The molecule has 1 atom stereocenters. The lowest BCUT2D eigenvalue weighted by molar-refractivity contribution is 0.0936. The predicted molar refractivity (Wildman–Crippen MR) is 124 cm³/mol. The molecule has 0 saturated carbocycles. The Bertz CT molecular complexity index is 1200. The van der Waals surface area contributed by atoms with Crippen molar-refractivity contribution in [2.75, 3.05) is 17.2 Å². The molecule has 33 heavy (non-hydrogen) atoms. The van der Waals surface area contributed by atoms with Crippen LogP contribution in [0.4, 0.5) is 17.5 Å². The highest BCUT2D eigenvalue weighted by atomic mass is 16.3. The number of hydrogen-bond donors (Lipinski definition) is 6. The van der Waals surface area contributed by atoms with Crippen molar-refractivity contribution in [2.24, 2.45) is 5.84 Å². The monoisotopic (exact) mass is 447 g/mol. The van der Waals surface area contributed by atoms with E-state index in [-0.39, 0.29) is 29.8 Å². The van der Waals surface area contributed by atoms with E-state index in [0.29, 0.717) is 11.3 Å². The normalized spacial score (nSPS) is 14.7. The van der Waals surface area contributed by atoms with Crippen LogP contribution in [-0.4, -0.2) is 33.5 Å². The number of carbonyl (C=O) groups excluding carboxylic acids is 2. The second kappa shape index (κ2) is 8.85. The van der Waals surface area contributed by atoms with Gasteiger partial charge in [-0.2, -0.15) is 4.98 Å². The number of hydrogen-bond acceptors (Lipinski definition) is 8. The van der Waals surface area contributed by atoms with E-state index in [1.54, 1.807) is 12.1 Å². The molecule has 4 rings (SSSR count). The highest BCUT2D eigenvalue weighted by molar-refractivity contribution is 6.00. The Labute approximate surface area is 190 Å². The Morgan fingerprint density at radius 2 is 1.97 bits per heavy atom. The number of aromatic nitrogens is 2. The summed E-state index contributed by atoms with van der Waals surface area (Å²) in [7, 11) is 0. The summed E-state index contributed by atoms with van der Waals surface area (Å²) in [6.07, 6.45) is 1.35. The van der Waals surface area contributed by atoms with Crippen molar-refractivity contribution in [3.8, 4) is 0 Å². The molecule has 10 nitrogen and oxygen atoms in total. The van der Waals surface area contributed by atoms with Gasteiger partial charge >= 0.3 is 0 Å². The molecule has 2 heterocycles. The van der Waals surface area contributed by atoms with Gasteiger partial charge in [0, 0.05) is 17.4 Å². The molecule has 170 valence electrons. The molecule has 0 radical (unpaired) electrons. The summed E-state index contributed by atoms with van der Waals surface area (Å²) in [4.78, 5) is 33.1. The Morgan fingerprint density at radius 3 is 2.67 bits per heavy atom. The van der Waals surface area contributed by atoms with Gasteiger partial charge in [-0.1, -0.05) is 30.3 Å². The maximum absolute atomic E-state index is 12.3. The first-order valence-corrected chi connectivity index (χ1v) is 10.4. The molecule has 0 saturated heterocycles. The van der Waals surface area contributed by atoms with Crippen LogP contribution in [-0.2, 0) is 5.54 Å². The highest BCUT2D eigenvalue weighted by Gasteiger charge is 2.35. The van der Waals surface area contributed by atoms with Gasteiger partial charge in [0.25, 0.3) is 11.8 Å². The number of nitrogen functional groups attached to an aromatic ring is 1. The number of hydrazine groups is 1. The van der Waals surface area contributed by atoms with Crippen LogP contribution in [0.3, 0.4) is 0 Å². The summed E-state index contributed by atoms with van der Waals surface area (Å²) in [6, 6.07) is 14.2. The van der Waals surface area contributed by atoms with Crippen LogP contribution >= 0.6 is 0 Å². The summed E-state index contributed by atoms with van der Waals surface area (Å²) in [5.74, 6) is 5.06. The molecule has 7 N–H and O–H groups in total. The number of amides is 2. The van der Waals surface area contributed by atoms with Crippen LogP contribution in [0.25, 0.3) is 0 Å². The number of rotatable bonds is 7. The van der Waals surface area contributed by atoms with Crippen molar-refractivity contribution in [1.29, 1.82) is 0 Å². The number of aliphatic hydroxyl groups excluding tert-OH is 1. The number of benzene rings is 2. The van der Waals surface area contributed by atoms with E-state index in [1.165, 1.54) is 6.20 Å². The number of nitrogens with one attached hydrogen (secondary N) is 4. The summed E-state index contributed by atoms with van der Waals surface area (Å²) in [5, 5.41) is 19.1. The van der Waals surface area contributed by atoms with Crippen LogP contribution in [0.15, 0.2) is 54.7 Å². The van der Waals surface area contributed by atoms with E-state index < -0.39 is 17.5 Å². The number of anilines is 3. The molecule has 1 aromatic heterocycles. The largest absolute Gasteiger partial charge is 0.394 e. The lowest BCUT2D eigenvalue weighted by Crippen LogP contribution is -2.32. The van der Waals surface area contributed by atoms with Crippen LogP contribution in [0, 0.1) is 0 Å². The Balaban J connectivity index is 1.65. The van der Waals surface area contributed by atoms with Gasteiger partial charge < -0.3 is 21.1 Å². The van der Waals surface area contributed by atoms with Gasteiger partial charge in [-0.25, -0.2) is 10.8 Å². The number of nitrogens with two attached hydrogens (primary N) is 1. The first kappa shape index (κ1) is 22.2. The highest BCUT2D eigenvalue weighted by Crippen LogP contribution is 2.33. The SMILES string of the molecule is CC1(C)NC(=O)c2ccc(Nc3ncc(C(=O)NN)c(NC(CO)c4ccccc4)n3)cc21. The zero-order valence-corrected chi connectivity index (χ0v) is 18.2. The fourth-order valence-electron chi connectivity index (χ4n) is 3.77. The summed E-state index contributed by atoms with van der Waals surface area (Å²) >= 11 is 0. The van der Waals surface area contributed by atoms with Gasteiger partial charge in [0.1, 0.15) is 11.4 Å². The average Bonchev–Trinajstić information content (AvgIpc) is 3.05. The van der Waals surface area contributed by atoms with E-state index in [2.05, 4.69) is 31.3 Å².